The van der Waals surface area contributed by atoms with Gasteiger partial charge < -0.3 is 14.8 Å². The Kier molecular flexibility index (Phi) is 8.12. The summed E-state index contributed by atoms with van der Waals surface area (Å²) in [5.74, 6) is -2.20. The first-order valence-corrected chi connectivity index (χ1v) is 11.2. The van der Waals surface area contributed by atoms with Crippen molar-refractivity contribution in [3.63, 3.8) is 0 Å². The first kappa shape index (κ1) is 25.1. The highest BCUT2D eigenvalue weighted by Crippen LogP contribution is 2.41. The van der Waals surface area contributed by atoms with Crippen molar-refractivity contribution >= 4 is 18.0 Å². The average molecular weight is 466 g/mol. The van der Waals surface area contributed by atoms with E-state index in [2.05, 4.69) is 0 Å². The number of carbonyl (C=O) groups excluding carboxylic acids is 2. The minimum atomic E-state index is -1.23. The van der Waals surface area contributed by atoms with Crippen molar-refractivity contribution in [3.05, 3.63) is 71.7 Å². The molecule has 0 fully saturated rings. The fourth-order valence-electron chi connectivity index (χ4n) is 4.32. The van der Waals surface area contributed by atoms with Gasteiger partial charge in [0, 0.05) is 29.8 Å². The minimum absolute atomic E-state index is 0.0392. The Bertz CT molecular complexity index is 1170. The predicted octanol–water partition coefficient (Wildman–Crippen LogP) is 5.08. The molecular weight excluding hydrogens is 437 g/mol. The zero-order chi connectivity index (χ0) is 24.8. The number of nitrogens with zero attached hydrogens (tertiary/aromatic N) is 1. The highest BCUT2D eigenvalue weighted by molar-refractivity contribution is 5.97. The number of ketones is 1. The molecule has 7 heteroatoms. The number of aliphatic carboxylic acids is 1. The lowest BCUT2D eigenvalue weighted by atomic mass is 9.96. The van der Waals surface area contributed by atoms with Crippen molar-refractivity contribution in [1.82, 2.24) is 4.57 Å². The van der Waals surface area contributed by atoms with Crippen LogP contribution in [0.5, 0.6) is 0 Å². The maximum absolute atomic E-state index is 13.7. The van der Waals surface area contributed by atoms with Crippen LogP contribution in [-0.2, 0) is 16.1 Å². The minimum Gasteiger partial charge on any atom is -0.481 e. The molecular formula is C27H28FNO5. The molecule has 178 valence electrons. The number of carboxylic acids is 1. The standard InChI is InChI=1S/C27H28FNO5/c1-17(2)26-23(16-30)25(18-6-4-3-5-7-18)27(19-8-10-20(28)11-9-19)29(26)13-12-21(31)14-22(32)15-24(33)34/h3-11,16-17,21,31H,12-15H2,1-2H3,(H,33,34). The van der Waals surface area contributed by atoms with Gasteiger partial charge in [-0.05, 0) is 47.7 Å². The Balaban J connectivity index is 2.12. The second-order valence-electron chi connectivity index (χ2n) is 8.58. The number of carbonyl (C=O) groups is 3. The molecule has 1 unspecified atom stereocenters. The maximum Gasteiger partial charge on any atom is 0.310 e. The Hall–Kier alpha value is -3.58. The van der Waals surface area contributed by atoms with E-state index < -0.39 is 24.3 Å². The molecule has 0 spiro atoms. The summed E-state index contributed by atoms with van der Waals surface area (Å²) in [4.78, 5) is 34.9. The number of Topliss-reactive ketones (excluding diaryl/α,β-unsaturated/α-hetero) is 1. The van der Waals surface area contributed by atoms with E-state index in [0.29, 0.717) is 11.1 Å². The van der Waals surface area contributed by atoms with Gasteiger partial charge in [-0.25, -0.2) is 4.39 Å². The summed E-state index contributed by atoms with van der Waals surface area (Å²) in [6.45, 7) is 4.22. The third-order valence-corrected chi connectivity index (χ3v) is 5.69. The largest absolute Gasteiger partial charge is 0.481 e. The van der Waals surface area contributed by atoms with Gasteiger partial charge in [0.15, 0.2) is 6.29 Å². The number of carboxylic acid groups (broad SMARTS) is 1. The number of halogens is 1. The smallest absolute Gasteiger partial charge is 0.310 e. The van der Waals surface area contributed by atoms with Crippen LogP contribution in [0.15, 0.2) is 54.6 Å². The van der Waals surface area contributed by atoms with E-state index >= 15 is 0 Å². The number of rotatable bonds is 11. The highest BCUT2D eigenvalue weighted by Gasteiger charge is 2.26. The molecule has 0 saturated heterocycles. The third kappa shape index (κ3) is 5.66. The summed E-state index contributed by atoms with van der Waals surface area (Å²) in [7, 11) is 0. The first-order valence-electron chi connectivity index (χ1n) is 11.2. The fraction of sp³-hybridized carbons (Fsp3) is 0.296. The number of hydrogen-bond acceptors (Lipinski definition) is 4. The van der Waals surface area contributed by atoms with Crippen LogP contribution in [0.4, 0.5) is 4.39 Å². The van der Waals surface area contributed by atoms with Crippen molar-refractivity contribution in [1.29, 1.82) is 0 Å². The molecule has 1 aromatic heterocycles. The van der Waals surface area contributed by atoms with E-state index in [0.717, 1.165) is 28.8 Å². The maximum atomic E-state index is 13.7. The van der Waals surface area contributed by atoms with Gasteiger partial charge in [-0.3, -0.25) is 14.4 Å². The Morgan fingerprint density at radius 1 is 1.03 bits per heavy atom. The number of aliphatic hydroxyl groups excluding tert-OH is 1. The molecule has 34 heavy (non-hydrogen) atoms. The van der Waals surface area contributed by atoms with E-state index in [9.17, 15) is 23.9 Å². The molecule has 0 bridgehead atoms. The summed E-state index contributed by atoms with van der Waals surface area (Å²) in [6.07, 6.45) is -0.918. The molecule has 1 atom stereocenters. The fourth-order valence-corrected chi connectivity index (χ4v) is 4.32. The quantitative estimate of drug-likeness (QED) is 0.304. The molecule has 0 aliphatic heterocycles. The van der Waals surface area contributed by atoms with Gasteiger partial charge in [0.2, 0.25) is 0 Å². The van der Waals surface area contributed by atoms with Crippen molar-refractivity contribution < 1.29 is 29.0 Å². The zero-order valence-electron chi connectivity index (χ0n) is 19.2. The van der Waals surface area contributed by atoms with E-state index in [-0.39, 0.29) is 31.1 Å². The van der Waals surface area contributed by atoms with Crippen LogP contribution in [-0.4, -0.2) is 38.9 Å². The molecule has 0 radical (unpaired) electrons. The van der Waals surface area contributed by atoms with Gasteiger partial charge in [0.1, 0.15) is 18.0 Å². The second-order valence-corrected chi connectivity index (χ2v) is 8.58. The van der Waals surface area contributed by atoms with E-state index in [1.54, 1.807) is 12.1 Å². The number of aldehydes is 1. The summed E-state index contributed by atoms with van der Waals surface area (Å²) < 4.78 is 15.7. The number of benzene rings is 2. The van der Waals surface area contributed by atoms with Crippen LogP contribution in [0.25, 0.3) is 22.4 Å². The summed E-state index contributed by atoms with van der Waals surface area (Å²) in [6, 6.07) is 15.5. The zero-order valence-corrected chi connectivity index (χ0v) is 19.2. The molecule has 2 aromatic carbocycles. The Labute approximate surface area is 197 Å². The van der Waals surface area contributed by atoms with Gasteiger partial charge in [0.05, 0.1) is 11.8 Å². The van der Waals surface area contributed by atoms with Gasteiger partial charge in [-0.15, -0.1) is 0 Å². The normalized spacial score (nSPS) is 12.0. The third-order valence-electron chi connectivity index (χ3n) is 5.69. The lowest BCUT2D eigenvalue weighted by Crippen LogP contribution is -2.19. The van der Waals surface area contributed by atoms with E-state index in [4.69, 9.17) is 5.11 Å². The monoisotopic (exact) mass is 465 g/mol. The summed E-state index contributed by atoms with van der Waals surface area (Å²) >= 11 is 0. The second kappa shape index (κ2) is 11.0. The SMILES string of the molecule is CC(C)c1c(C=O)c(-c2ccccc2)c(-c2ccc(F)cc2)n1CCC(O)CC(=O)CC(=O)O. The van der Waals surface area contributed by atoms with Crippen LogP contribution in [0.3, 0.4) is 0 Å². The lowest BCUT2D eigenvalue weighted by molar-refractivity contribution is -0.140. The van der Waals surface area contributed by atoms with Crippen LogP contribution in [0, 0.1) is 5.82 Å². The topological polar surface area (TPSA) is 96.6 Å². The van der Waals surface area contributed by atoms with Crippen molar-refractivity contribution in [2.45, 2.75) is 51.7 Å². The highest BCUT2D eigenvalue weighted by atomic mass is 19.1. The summed E-state index contributed by atoms with van der Waals surface area (Å²) in [5.41, 5.74) is 4.30. The van der Waals surface area contributed by atoms with Gasteiger partial charge in [-0.2, -0.15) is 0 Å². The molecule has 2 N–H and O–H groups in total. The van der Waals surface area contributed by atoms with Gasteiger partial charge in [-0.1, -0.05) is 44.2 Å². The number of hydrogen-bond donors (Lipinski definition) is 2. The van der Waals surface area contributed by atoms with E-state index in [1.165, 1.54) is 12.1 Å². The number of aromatic nitrogens is 1. The molecule has 0 aliphatic rings. The Morgan fingerprint density at radius 3 is 2.24 bits per heavy atom. The predicted molar refractivity (Wildman–Crippen MR) is 127 cm³/mol. The van der Waals surface area contributed by atoms with E-state index in [1.807, 2.05) is 48.7 Å². The lowest BCUT2D eigenvalue weighted by Gasteiger charge is -2.18. The van der Waals surface area contributed by atoms with Gasteiger partial charge in [0.25, 0.3) is 0 Å². The molecule has 0 saturated carbocycles. The Morgan fingerprint density at radius 2 is 1.68 bits per heavy atom. The van der Waals surface area contributed by atoms with Crippen LogP contribution < -0.4 is 0 Å². The average Bonchev–Trinajstić information content (AvgIpc) is 3.12. The van der Waals surface area contributed by atoms with Crippen LogP contribution in [0.2, 0.25) is 0 Å². The molecule has 1 heterocycles. The van der Waals surface area contributed by atoms with Crippen LogP contribution in [0.1, 0.15) is 55.1 Å². The van der Waals surface area contributed by atoms with Crippen molar-refractivity contribution in [2.24, 2.45) is 0 Å². The van der Waals surface area contributed by atoms with Crippen LogP contribution >= 0.6 is 0 Å². The molecule has 3 rings (SSSR count). The molecule has 6 nitrogen and oxygen atoms in total. The molecule has 0 amide bonds. The van der Waals surface area contributed by atoms with Crippen molar-refractivity contribution in [3.8, 4) is 22.4 Å². The molecule has 3 aromatic rings. The summed E-state index contributed by atoms with van der Waals surface area (Å²) in [5, 5.41) is 19.2. The molecule has 0 aliphatic carbocycles. The number of aliphatic hydroxyl groups is 1. The first-order chi connectivity index (χ1) is 16.2. The van der Waals surface area contributed by atoms with Gasteiger partial charge >= 0.3 is 5.97 Å². The van der Waals surface area contributed by atoms with Crippen molar-refractivity contribution in [2.75, 3.05) is 0 Å².